The molecule has 2 heterocycles. The van der Waals surface area contributed by atoms with E-state index in [4.69, 9.17) is 0 Å². The molecule has 0 saturated carbocycles. The molecule has 0 fully saturated rings. The third-order valence-electron chi connectivity index (χ3n) is 12.4. The molecule has 0 bridgehead atoms. The van der Waals surface area contributed by atoms with Gasteiger partial charge >= 0.3 is 0 Å². The number of aromatic nitrogens is 1. The lowest BCUT2D eigenvalue weighted by molar-refractivity contribution is 0.449. The lowest BCUT2D eigenvalue weighted by Crippen LogP contribution is -2.10. The average Bonchev–Trinajstić information content (AvgIpc) is 3.81. The first-order valence-corrected chi connectivity index (χ1v) is 21.1. The molecule has 0 aliphatic rings. The summed E-state index contributed by atoms with van der Waals surface area (Å²) in [5.74, 6) is 0.734. The lowest BCUT2D eigenvalue weighted by Gasteiger charge is -2.26. The van der Waals surface area contributed by atoms with Crippen LogP contribution in [-0.4, -0.2) is 4.40 Å². The first-order valence-electron chi connectivity index (χ1n) is 21.1. The maximum atomic E-state index is 2.45. The highest BCUT2D eigenvalue weighted by Gasteiger charge is 2.19. The SMILES string of the molecule is CCCCC(CC)Cc1ccc(N(c2ccc(-c3ccc(-c4ccccc4)cc3)cc2)c2ccc(-c3cc4c5ccccc5n5c6ccccc6c(c3)c45)cc2)cc1. The van der Waals surface area contributed by atoms with E-state index in [0.29, 0.717) is 0 Å². The van der Waals surface area contributed by atoms with E-state index < -0.39 is 0 Å². The number of anilines is 3. The second-order valence-corrected chi connectivity index (χ2v) is 15.9. The zero-order chi connectivity index (χ0) is 39.0. The van der Waals surface area contributed by atoms with E-state index in [2.05, 4.69) is 211 Å². The standard InChI is InChI=1S/C56H48N2/c1-3-5-13-39(4-2)36-40-20-30-47(31-21-40)57(48-32-26-44(27-33-48)43-24-22-42(23-25-43)41-14-7-6-8-15-41)49-34-28-45(29-35-49)46-37-52-50-16-9-11-18-54(50)58-55-19-12-10-17-51(55)53(38-46)56(52)58/h6-12,14-35,37-39H,3-5,13,36H2,1-2H3. The van der Waals surface area contributed by atoms with E-state index >= 15 is 0 Å². The summed E-state index contributed by atoms with van der Waals surface area (Å²) in [7, 11) is 0. The van der Waals surface area contributed by atoms with Crippen molar-refractivity contribution in [1.29, 1.82) is 0 Å². The van der Waals surface area contributed by atoms with Gasteiger partial charge in [0.2, 0.25) is 0 Å². The minimum absolute atomic E-state index is 0.734. The number of hydrogen-bond acceptors (Lipinski definition) is 1. The fourth-order valence-electron chi connectivity index (χ4n) is 9.21. The normalized spacial score (nSPS) is 12.2. The highest BCUT2D eigenvalue weighted by molar-refractivity contribution is 6.24. The van der Waals surface area contributed by atoms with Gasteiger partial charge in [0.25, 0.3) is 0 Å². The molecule has 2 nitrogen and oxygen atoms in total. The Bertz CT molecular complexity index is 2870. The Labute approximate surface area is 342 Å². The second-order valence-electron chi connectivity index (χ2n) is 15.9. The van der Waals surface area contributed by atoms with Crippen LogP contribution in [0, 0.1) is 5.92 Å². The summed E-state index contributed by atoms with van der Waals surface area (Å²) < 4.78 is 2.45. The molecule has 0 radical (unpaired) electrons. The average molecular weight is 749 g/mol. The molecule has 58 heavy (non-hydrogen) atoms. The molecular weight excluding hydrogens is 701 g/mol. The van der Waals surface area contributed by atoms with Crippen LogP contribution in [0.15, 0.2) is 188 Å². The van der Waals surface area contributed by atoms with Gasteiger partial charge in [-0.1, -0.05) is 167 Å². The van der Waals surface area contributed by atoms with Crippen molar-refractivity contribution in [1.82, 2.24) is 4.40 Å². The second kappa shape index (κ2) is 15.4. The minimum Gasteiger partial charge on any atom is -0.311 e. The molecule has 1 atom stereocenters. The summed E-state index contributed by atoms with van der Waals surface area (Å²) >= 11 is 0. The van der Waals surface area contributed by atoms with Gasteiger partial charge in [-0.15, -0.1) is 0 Å². The summed E-state index contributed by atoms with van der Waals surface area (Å²) in [6.45, 7) is 4.63. The molecule has 1 unspecified atom stereocenters. The van der Waals surface area contributed by atoms with Crippen LogP contribution in [0.1, 0.15) is 45.1 Å². The van der Waals surface area contributed by atoms with Crippen molar-refractivity contribution in [2.45, 2.75) is 46.0 Å². The Balaban J connectivity index is 1.01. The van der Waals surface area contributed by atoms with Crippen molar-refractivity contribution < 1.29 is 0 Å². The molecule has 8 aromatic carbocycles. The monoisotopic (exact) mass is 748 g/mol. The Morgan fingerprint density at radius 2 is 0.862 bits per heavy atom. The Hall–Kier alpha value is -6.64. The maximum Gasteiger partial charge on any atom is 0.0620 e. The quantitative estimate of drug-likeness (QED) is 0.121. The number of unbranched alkanes of at least 4 members (excludes halogenated alkanes) is 1. The van der Waals surface area contributed by atoms with Gasteiger partial charge in [0, 0.05) is 38.6 Å². The lowest BCUT2D eigenvalue weighted by atomic mass is 9.92. The van der Waals surface area contributed by atoms with Crippen molar-refractivity contribution >= 4 is 55.2 Å². The van der Waals surface area contributed by atoms with Crippen LogP contribution in [0.3, 0.4) is 0 Å². The van der Waals surface area contributed by atoms with Crippen LogP contribution in [0.4, 0.5) is 17.1 Å². The van der Waals surface area contributed by atoms with Crippen molar-refractivity contribution in [3.63, 3.8) is 0 Å². The van der Waals surface area contributed by atoms with Gasteiger partial charge in [-0.25, -0.2) is 0 Å². The van der Waals surface area contributed by atoms with Gasteiger partial charge in [-0.05, 0) is 112 Å². The molecule has 2 heteroatoms. The minimum atomic E-state index is 0.734. The van der Waals surface area contributed by atoms with E-state index in [-0.39, 0.29) is 0 Å². The van der Waals surface area contributed by atoms with E-state index in [0.717, 1.165) is 29.4 Å². The summed E-state index contributed by atoms with van der Waals surface area (Å²) in [5, 5.41) is 5.21. The highest BCUT2D eigenvalue weighted by Crippen LogP contribution is 2.43. The number of benzene rings is 8. The van der Waals surface area contributed by atoms with Crippen molar-refractivity contribution in [2.24, 2.45) is 5.92 Å². The molecule has 0 saturated heterocycles. The first kappa shape index (κ1) is 35.8. The molecular formula is C56H48N2. The topological polar surface area (TPSA) is 7.65 Å². The zero-order valence-corrected chi connectivity index (χ0v) is 33.4. The predicted molar refractivity (Wildman–Crippen MR) is 249 cm³/mol. The van der Waals surface area contributed by atoms with E-state index in [1.165, 1.54) is 103 Å². The number of fused-ring (bicyclic) bond motifs is 6. The Morgan fingerprint density at radius 1 is 0.431 bits per heavy atom. The summed E-state index contributed by atoms with van der Waals surface area (Å²) in [6.07, 6.45) is 6.23. The highest BCUT2D eigenvalue weighted by atomic mass is 15.1. The first-order chi connectivity index (χ1) is 28.7. The van der Waals surface area contributed by atoms with Gasteiger partial charge in [0.05, 0.1) is 16.6 Å². The van der Waals surface area contributed by atoms with Gasteiger partial charge in [0.15, 0.2) is 0 Å². The van der Waals surface area contributed by atoms with Gasteiger partial charge in [-0.2, -0.15) is 0 Å². The molecule has 10 aromatic rings. The summed E-state index contributed by atoms with van der Waals surface area (Å²) in [6, 6.07) is 69.5. The number of rotatable bonds is 12. The Kier molecular flexibility index (Phi) is 9.47. The van der Waals surface area contributed by atoms with Crippen LogP contribution in [0.2, 0.25) is 0 Å². The number of para-hydroxylation sites is 2. The summed E-state index contributed by atoms with van der Waals surface area (Å²) in [5.41, 5.74) is 16.0. The Morgan fingerprint density at radius 3 is 1.36 bits per heavy atom. The number of hydrogen-bond donors (Lipinski definition) is 0. The van der Waals surface area contributed by atoms with Crippen molar-refractivity contribution in [3.8, 4) is 33.4 Å². The third kappa shape index (κ3) is 6.49. The molecule has 2 aromatic heterocycles. The van der Waals surface area contributed by atoms with E-state index in [9.17, 15) is 0 Å². The molecule has 282 valence electrons. The van der Waals surface area contributed by atoms with Crippen molar-refractivity contribution in [3.05, 3.63) is 194 Å². The predicted octanol–water partition coefficient (Wildman–Crippen LogP) is 16.1. The van der Waals surface area contributed by atoms with Gasteiger partial charge < -0.3 is 9.30 Å². The van der Waals surface area contributed by atoms with Crippen LogP contribution in [0.25, 0.3) is 71.5 Å². The van der Waals surface area contributed by atoms with Crippen molar-refractivity contribution in [2.75, 3.05) is 4.90 Å². The molecule has 0 N–H and O–H groups in total. The molecule has 0 amide bonds. The van der Waals surface area contributed by atoms with Crippen LogP contribution >= 0.6 is 0 Å². The van der Waals surface area contributed by atoms with E-state index in [1.54, 1.807) is 0 Å². The molecule has 0 aliphatic heterocycles. The molecule has 0 aliphatic carbocycles. The number of nitrogens with zero attached hydrogens (tertiary/aromatic N) is 2. The van der Waals surface area contributed by atoms with E-state index in [1.807, 2.05) is 0 Å². The smallest absolute Gasteiger partial charge is 0.0620 e. The van der Waals surface area contributed by atoms with Crippen LogP contribution in [-0.2, 0) is 6.42 Å². The fraction of sp³-hybridized carbons (Fsp3) is 0.143. The van der Waals surface area contributed by atoms with Gasteiger partial charge in [-0.3, -0.25) is 0 Å². The largest absolute Gasteiger partial charge is 0.311 e. The zero-order valence-electron chi connectivity index (χ0n) is 33.4. The molecule has 0 spiro atoms. The fourth-order valence-corrected chi connectivity index (χ4v) is 9.21. The van der Waals surface area contributed by atoms with Gasteiger partial charge in [0.1, 0.15) is 0 Å². The third-order valence-corrected chi connectivity index (χ3v) is 12.4. The van der Waals surface area contributed by atoms with Crippen LogP contribution < -0.4 is 4.90 Å². The molecule has 10 rings (SSSR count). The maximum absolute atomic E-state index is 2.45. The summed E-state index contributed by atoms with van der Waals surface area (Å²) in [4.78, 5) is 2.40. The van der Waals surface area contributed by atoms with Crippen LogP contribution in [0.5, 0.6) is 0 Å².